The van der Waals surface area contributed by atoms with Gasteiger partial charge < -0.3 is 16.0 Å². The highest BCUT2D eigenvalue weighted by atomic mass is 16.1. The first-order valence-electron chi connectivity index (χ1n) is 7.73. The second kappa shape index (κ2) is 6.55. The molecule has 1 amide bonds. The van der Waals surface area contributed by atoms with E-state index in [0.717, 1.165) is 58.2 Å². The molecule has 1 heterocycles. The first kappa shape index (κ1) is 15.3. The van der Waals surface area contributed by atoms with Crippen LogP contribution in [0.15, 0.2) is 0 Å². The molecule has 0 aromatic carbocycles. The Bertz CT molecular complexity index is 384. The van der Waals surface area contributed by atoms with Gasteiger partial charge in [-0.25, -0.2) is 0 Å². The molecule has 2 atom stereocenters. The summed E-state index contributed by atoms with van der Waals surface area (Å²) < 4.78 is 0. The van der Waals surface area contributed by atoms with Crippen LogP contribution in [0.1, 0.15) is 38.5 Å². The average molecular weight is 278 g/mol. The Labute approximate surface area is 121 Å². The van der Waals surface area contributed by atoms with Gasteiger partial charge in [-0.2, -0.15) is 5.26 Å². The summed E-state index contributed by atoms with van der Waals surface area (Å²) in [5, 5.41) is 12.7. The van der Waals surface area contributed by atoms with Crippen LogP contribution in [0.25, 0.3) is 0 Å². The highest BCUT2D eigenvalue weighted by molar-refractivity contribution is 5.76. The fraction of sp³-hybridized carbons (Fsp3) is 0.867. The largest absolute Gasteiger partial charge is 0.369 e. The number of nitrogens with zero attached hydrogens (tertiary/aromatic N) is 2. The number of nitrogens with one attached hydrogen (secondary N) is 1. The molecule has 5 heteroatoms. The first-order chi connectivity index (χ1) is 9.61. The SMILES string of the molecule is CNC1(C#N)CCCC1CCN1CCC(C(N)=O)CC1. The molecule has 2 aliphatic rings. The monoisotopic (exact) mass is 278 g/mol. The Hall–Kier alpha value is -1.12. The molecule has 20 heavy (non-hydrogen) atoms. The van der Waals surface area contributed by atoms with Gasteiger partial charge in [-0.1, -0.05) is 6.42 Å². The lowest BCUT2D eigenvalue weighted by Gasteiger charge is -2.33. The summed E-state index contributed by atoms with van der Waals surface area (Å²) in [6.45, 7) is 2.94. The fourth-order valence-corrected chi connectivity index (χ4v) is 3.78. The number of likely N-dealkylation sites (tertiary alicyclic amines) is 1. The molecule has 0 spiro atoms. The predicted molar refractivity (Wildman–Crippen MR) is 77.7 cm³/mol. The van der Waals surface area contributed by atoms with Crippen LogP contribution in [0, 0.1) is 23.2 Å². The molecule has 1 saturated carbocycles. The summed E-state index contributed by atoms with van der Waals surface area (Å²) in [6, 6.07) is 2.50. The predicted octanol–water partition coefficient (Wildman–Crippen LogP) is 0.856. The van der Waals surface area contributed by atoms with Crippen molar-refractivity contribution in [2.24, 2.45) is 17.6 Å². The third-order valence-corrected chi connectivity index (χ3v) is 5.25. The number of amides is 1. The summed E-state index contributed by atoms with van der Waals surface area (Å²) in [6.07, 6.45) is 6.09. The Balaban J connectivity index is 1.79. The van der Waals surface area contributed by atoms with Gasteiger partial charge in [0.05, 0.1) is 6.07 Å². The zero-order valence-electron chi connectivity index (χ0n) is 12.4. The van der Waals surface area contributed by atoms with Crippen molar-refractivity contribution in [2.45, 2.75) is 44.1 Å². The maximum absolute atomic E-state index is 11.2. The normalized spacial score (nSPS) is 32.1. The highest BCUT2D eigenvalue weighted by Crippen LogP contribution is 2.37. The van der Waals surface area contributed by atoms with Gasteiger partial charge in [0, 0.05) is 5.92 Å². The number of carbonyl (C=O) groups is 1. The molecule has 5 nitrogen and oxygen atoms in total. The van der Waals surface area contributed by atoms with Crippen LogP contribution < -0.4 is 11.1 Å². The first-order valence-corrected chi connectivity index (χ1v) is 7.73. The molecule has 2 unspecified atom stereocenters. The summed E-state index contributed by atoms with van der Waals surface area (Å²) in [4.78, 5) is 13.6. The second-order valence-corrected chi connectivity index (χ2v) is 6.23. The number of carbonyl (C=O) groups excluding carboxylic acids is 1. The van der Waals surface area contributed by atoms with Gasteiger partial charge in [0.25, 0.3) is 0 Å². The van der Waals surface area contributed by atoms with Crippen molar-refractivity contribution >= 4 is 5.91 Å². The molecule has 1 aliphatic heterocycles. The van der Waals surface area contributed by atoms with Crippen LogP contribution in [-0.4, -0.2) is 43.0 Å². The Kier molecular flexibility index (Phi) is 5.00. The number of hydrogen-bond acceptors (Lipinski definition) is 4. The minimum absolute atomic E-state index is 0.0632. The maximum Gasteiger partial charge on any atom is 0.220 e. The summed E-state index contributed by atoms with van der Waals surface area (Å²) in [5.74, 6) is 0.360. The van der Waals surface area contributed by atoms with Crippen LogP contribution in [-0.2, 0) is 4.79 Å². The van der Waals surface area contributed by atoms with Crippen LogP contribution in [0.2, 0.25) is 0 Å². The number of primary amides is 1. The zero-order valence-corrected chi connectivity index (χ0v) is 12.4. The van der Waals surface area contributed by atoms with E-state index in [-0.39, 0.29) is 17.4 Å². The van der Waals surface area contributed by atoms with Gasteiger partial charge in [0.15, 0.2) is 0 Å². The quantitative estimate of drug-likeness (QED) is 0.781. The van der Waals surface area contributed by atoms with E-state index in [9.17, 15) is 10.1 Å². The maximum atomic E-state index is 11.2. The molecular formula is C15H26N4O. The van der Waals surface area contributed by atoms with Crippen molar-refractivity contribution in [3.8, 4) is 6.07 Å². The lowest BCUT2D eigenvalue weighted by atomic mass is 9.85. The molecule has 112 valence electrons. The van der Waals surface area contributed by atoms with E-state index < -0.39 is 0 Å². The van der Waals surface area contributed by atoms with Gasteiger partial charge in [0.1, 0.15) is 5.54 Å². The Morgan fingerprint density at radius 3 is 2.70 bits per heavy atom. The van der Waals surface area contributed by atoms with E-state index >= 15 is 0 Å². The Morgan fingerprint density at radius 2 is 2.15 bits per heavy atom. The number of rotatable bonds is 5. The molecule has 0 radical (unpaired) electrons. The van der Waals surface area contributed by atoms with Gasteiger partial charge in [-0.15, -0.1) is 0 Å². The topological polar surface area (TPSA) is 82.2 Å². The molecule has 1 saturated heterocycles. The lowest BCUT2D eigenvalue weighted by molar-refractivity contribution is -0.123. The van der Waals surface area contributed by atoms with Crippen LogP contribution >= 0.6 is 0 Å². The molecule has 2 fully saturated rings. The molecule has 3 N–H and O–H groups in total. The molecular weight excluding hydrogens is 252 g/mol. The van der Waals surface area contributed by atoms with Crippen LogP contribution in [0.5, 0.6) is 0 Å². The zero-order chi connectivity index (χ0) is 14.6. The van der Waals surface area contributed by atoms with Crippen molar-refractivity contribution in [1.82, 2.24) is 10.2 Å². The van der Waals surface area contributed by atoms with E-state index in [0.29, 0.717) is 5.92 Å². The second-order valence-electron chi connectivity index (χ2n) is 6.23. The number of nitriles is 1. The minimum atomic E-state index is -0.314. The Morgan fingerprint density at radius 1 is 1.45 bits per heavy atom. The van der Waals surface area contributed by atoms with Crippen LogP contribution in [0.4, 0.5) is 0 Å². The van der Waals surface area contributed by atoms with Crippen molar-refractivity contribution in [1.29, 1.82) is 5.26 Å². The van der Waals surface area contributed by atoms with Gasteiger partial charge >= 0.3 is 0 Å². The third kappa shape index (κ3) is 3.13. The summed E-state index contributed by atoms with van der Waals surface area (Å²) in [7, 11) is 1.90. The number of hydrogen-bond donors (Lipinski definition) is 2. The minimum Gasteiger partial charge on any atom is -0.369 e. The fourth-order valence-electron chi connectivity index (χ4n) is 3.78. The van der Waals surface area contributed by atoms with E-state index in [4.69, 9.17) is 5.73 Å². The van der Waals surface area contributed by atoms with Crippen molar-refractivity contribution in [3.05, 3.63) is 0 Å². The van der Waals surface area contributed by atoms with Gasteiger partial charge in [-0.05, 0) is 64.7 Å². The molecule has 0 aromatic heterocycles. The van der Waals surface area contributed by atoms with Crippen molar-refractivity contribution in [2.75, 3.05) is 26.7 Å². The average Bonchev–Trinajstić information content (AvgIpc) is 2.89. The van der Waals surface area contributed by atoms with Gasteiger partial charge in [0.2, 0.25) is 5.91 Å². The molecule has 1 aliphatic carbocycles. The standard InChI is InChI=1S/C15H26N4O/c1-18-15(11-16)7-2-3-13(15)6-10-19-8-4-12(5-9-19)14(17)20/h12-13,18H,2-10H2,1H3,(H2,17,20). The van der Waals surface area contributed by atoms with Crippen molar-refractivity contribution in [3.63, 3.8) is 0 Å². The number of piperidine rings is 1. The van der Waals surface area contributed by atoms with E-state index in [1.807, 2.05) is 7.05 Å². The van der Waals surface area contributed by atoms with E-state index in [1.54, 1.807) is 0 Å². The van der Waals surface area contributed by atoms with Crippen LogP contribution in [0.3, 0.4) is 0 Å². The van der Waals surface area contributed by atoms with E-state index in [1.165, 1.54) is 0 Å². The molecule has 0 aromatic rings. The van der Waals surface area contributed by atoms with E-state index in [2.05, 4.69) is 16.3 Å². The number of nitrogens with two attached hydrogens (primary N) is 1. The lowest BCUT2D eigenvalue weighted by Crippen LogP contribution is -2.46. The van der Waals surface area contributed by atoms with Crippen molar-refractivity contribution < 1.29 is 4.79 Å². The summed E-state index contributed by atoms with van der Waals surface area (Å²) in [5.41, 5.74) is 5.04. The molecule has 0 bridgehead atoms. The highest BCUT2D eigenvalue weighted by Gasteiger charge is 2.41. The molecule has 2 rings (SSSR count). The third-order valence-electron chi connectivity index (χ3n) is 5.25. The summed E-state index contributed by atoms with van der Waals surface area (Å²) >= 11 is 0. The smallest absolute Gasteiger partial charge is 0.220 e. The van der Waals surface area contributed by atoms with Gasteiger partial charge in [-0.3, -0.25) is 4.79 Å².